The number of nitrogens with one attached hydrogen (secondary N) is 1. The molecule has 6 rings (SSSR count). The van der Waals surface area contributed by atoms with Gasteiger partial charge < -0.3 is 15.1 Å². The highest BCUT2D eigenvalue weighted by molar-refractivity contribution is 6.37. The van der Waals surface area contributed by atoms with Crippen LogP contribution in [0.3, 0.4) is 0 Å². The Labute approximate surface area is 233 Å². The maximum absolute atomic E-state index is 13.8. The molecule has 1 aliphatic heterocycles. The molecule has 200 valence electrons. The van der Waals surface area contributed by atoms with Gasteiger partial charge in [-0.05, 0) is 62.8 Å². The lowest BCUT2D eigenvalue weighted by atomic mass is 10.1. The molecule has 3 aromatic heterocycles. The molecule has 39 heavy (non-hydrogen) atoms. The van der Waals surface area contributed by atoms with Crippen LogP contribution in [0.5, 0.6) is 0 Å². The normalized spacial score (nSPS) is 14.7. The van der Waals surface area contributed by atoms with Gasteiger partial charge in [-0.25, -0.2) is 18.9 Å². The third-order valence-corrected chi connectivity index (χ3v) is 7.55. The number of aryl methyl sites for hydroxylation is 1. The van der Waals surface area contributed by atoms with E-state index in [1.54, 1.807) is 10.6 Å². The van der Waals surface area contributed by atoms with Gasteiger partial charge in [0.05, 0.1) is 15.7 Å². The molecule has 4 heterocycles. The smallest absolute Gasteiger partial charge is 0.270 e. The number of anilines is 3. The van der Waals surface area contributed by atoms with Gasteiger partial charge in [-0.2, -0.15) is 4.98 Å². The lowest BCUT2D eigenvalue weighted by Crippen LogP contribution is -2.29. The Morgan fingerprint density at radius 3 is 2.59 bits per heavy atom. The molecule has 0 spiro atoms. The van der Waals surface area contributed by atoms with Crippen LogP contribution in [0, 0.1) is 12.7 Å². The van der Waals surface area contributed by atoms with Crippen molar-refractivity contribution in [3.63, 3.8) is 0 Å². The second-order valence-corrected chi connectivity index (χ2v) is 10.5. The van der Waals surface area contributed by atoms with Crippen molar-refractivity contribution in [2.75, 3.05) is 43.4 Å². The van der Waals surface area contributed by atoms with Crippen molar-refractivity contribution in [3.05, 3.63) is 80.7 Å². The van der Waals surface area contributed by atoms with Crippen molar-refractivity contribution in [1.29, 1.82) is 0 Å². The fourth-order valence-electron chi connectivity index (χ4n) is 5.06. The molecular weight excluding hydrogens is 542 g/mol. The minimum absolute atomic E-state index is 0.0171. The van der Waals surface area contributed by atoms with E-state index in [0.717, 1.165) is 56.0 Å². The summed E-state index contributed by atoms with van der Waals surface area (Å²) < 4.78 is 16.7. The summed E-state index contributed by atoms with van der Waals surface area (Å²) in [5.74, 6) is -0.0461. The highest BCUT2D eigenvalue weighted by Crippen LogP contribution is 2.31. The van der Waals surface area contributed by atoms with Gasteiger partial charge in [-0.1, -0.05) is 23.2 Å². The zero-order valence-corrected chi connectivity index (χ0v) is 22.8. The summed E-state index contributed by atoms with van der Waals surface area (Å²) in [6.45, 7) is 6.25. The second-order valence-electron chi connectivity index (χ2n) is 9.66. The van der Waals surface area contributed by atoms with Crippen LogP contribution >= 0.6 is 23.2 Å². The van der Waals surface area contributed by atoms with Crippen molar-refractivity contribution in [2.24, 2.45) is 0 Å². The summed E-state index contributed by atoms with van der Waals surface area (Å²) in [6, 6.07) is 8.39. The van der Waals surface area contributed by atoms with Crippen LogP contribution in [0.2, 0.25) is 10.0 Å². The standard InChI is InChI=1S/C27H25Cl2FN8O/c1-16-12-18(4-5-22(16)36-8-3-7-35(2)10-11-36)33-26-32-15-19-24(34-26)37-9-6-31-27(37)38(25(19)39)23-20(28)13-17(30)14-21(23)29/h4-6,9,12-15H,3,7-8,10-11H2,1-2H3,(H,32,33,34). The van der Waals surface area contributed by atoms with Crippen LogP contribution in [0.25, 0.3) is 22.5 Å². The highest BCUT2D eigenvalue weighted by atomic mass is 35.5. The Morgan fingerprint density at radius 1 is 1.03 bits per heavy atom. The van der Waals surface area contributed by atoms with Gasteiger partial charge in [-0.3, -0.25) is 9.20 Å². The molecule has 1 saturated heterocycles. The molecule has 0 unspecified atom stereocenters. The van der Waals surface area contributed by atoms with Gasteiger partial charge in [0.1, 0.15) is 11.2 Å². The lowest BCUT2D eigenvalue weighted by Gasteiger charge is -2.25. The average molecular weight is 567 g/mol. The fourth-order valence-corrected chi connectivity index (χ4v) is 5.69. The van der Waals surface area contributed by atoms with E-state index in [4.69, 9.17) is 23.2 Å². The van der Waals surface area contributed by atoms with Crippen LogP contribution in [-0.4, -0.2) is 62.0 Å². The molecule has 0 aliphatic carbocycles. The Bertz CT molecular complexity index is 1760. The Kier molecular flexibility index (Phi) is 6.62. The van der Waals surface area contributed by atoms with Crippen molar-refractivity contribution >= 4 is 57.3 Å². The second kappa shape index (κ2) is 10.1. The number of fused-ring (bicyclic) bond motifs is 3. The lowest BCUT2D eigenvalue weighted by molar-refractivity contribution is 0.360. The number of likely N-dealkylation sites (N-methyl/N-ethyl adjacent to an activating group) is 1. The van der Waals surface area contributed by atoms with Crippen LogP contribution in [0.4, 0.5) is 21.7 Å². The number of hydrogen-bond acceptors (Lipinski definition) is 7. The number of rotatable bonds is 4. The maximum atomic E-state index is 13.8. The van der Waals surface area contributed by atoms with Gasteiger partial charge in [0.25, 0.3) is 5.56 Å². The highest BCUT2D eigenvalue weighted by Gasteiger charge is 2.20. The minimum atomic E-state index is -0.608. The zero-order valence-electron chi connectivity index (χ0n) is 21.3. The third-order valence-electron chi connectivity index (χ3n) is 6.97. The van der Waals surface area contributed by atoms with Gasteiger partial charge in [0.15, 0.2) is 5.65 Å². The van der Waals surface area contributed by atoms with E-state index in [2.05, 4.69) is 56.2 Å². The number of benzene rings is 2. The SMILES string of the molecule is Cc1cc(Nc2ncc3c(=O)n(-c4c(Cl)cc(F)cc4Cl)c4nccn4c3n2)ccc1N1CCCN(C)CC1. The summed E-state index contributed by atoms with van der Waals surface area (Å²) >= 11 is 12.6. The monoisotopic (exact) mass is 566 g/mol. The Balaban J connectivity index is 1.37. The topological polar surface area (TPSA) is 83.6 Å². The van der Waals surface area contributed by atoms with Crippen molar-refractivity contribution < 1.29 is 4.39 Å². The summed E-state index contributed by atoms with van der Waals surface area (Å²) in [6.07, 6.45) is 5.79. The van der Waals surface area contributed by atoms with Gasteiger partial charge in [-0.15, -0.1) is 0 Å². The first-order chi connectivity index (χ1) is 18.8. The Hall–Kier alpha value is -3.73. The molecule has 0 radical (unpaired) electrons. The molecule has 2 aromatic carbocycles. The molecule has 0 atom stereocenters. The maximum Gasteiger partial charge on any atom is 0.270 e. The summed E-state index contributed by atoms with van der Waals surface area (Å²) in [5.41, 5.74) is 3.22. The number of nitrogens with zero attached hydrogens (tertiary/aromatic N) is 7. The fraction of sp³-hybridized carbons (Fsp3) is 0.259. The molecular formula is C27H25Cl2FN8O. The molecule has 0 saturated carbocycles. The molecule has 1 aliphatic rings. The van der Waals surface area contributed by atoms with Crippen molar-refractivity contribution in [1.82, 2.24) is 28.8 Å². The number of halogens is 3. The molecule has 12 heteroatoms. The van der Waals surface area contributed by atoms with Crippen LogP contribution in [0.15, 0.2) is 53.7 Å². The zero-order chi connectivity index (χ0) is 27.3. The first-order valence-electron chi connectivity index (χ1n) is 12.5. The van der Waals surface area contributed by atoms with E-state index in [1.165, 1.54) is 22.6 Å². The number of aromatic nitrogens is 5. The molecule has 1 N–H and O–H groups in total. The predicted molar refractivity (Wildman–Crippen MR) is 153 cm³/mol. The molecule has 5 aromatic rings. The first kappa shape index (κ1) is 25.5. The molecule has 0 bridgehead atoms. The largest absolute Gasteiger partial charge is 0.370 e. The average Bonchev–Trinajstić information content (AvgIpc) is 3.28. The summed E-state index contributed by atoms with van der Waals surface area (Å²) in [5, 5.41) is 3.45. The first-order valence-corrected chi connectivity index (χ1v) is 13.3. The summed E-state index contributed by atoms with van der Waals surface area (Å²) in [7, 11) is 2.16. The predicted octanol–water partition coefficient (Wildman–Crippen LogP) is 5.07. The number of imidazole rings is 1. The van der Waals surface area contributed by atoms with E-state index in [1.807, 2.05) is 6.07 Å². The molecule has 1 fully saturated rings. The third kappa shape index (κ3) is 4.69. The number of hydrogen-bond donors (Lipinski definition) is 1. The van der Waals surface area contributed by atoms with E-state index < -0.39 is 11.4 Å². The van der Waals surface area contributed by atoms with E-state index >= 15 is 0 Å². The molecule has 0 amide bonds. The van der Waals surface area contributed by atoms with Gasteiger partial charge in [0, 0.05) is 49.6 Å². The van der Waals surface area contributed by atoms with Crippen molar-refractivity contribution in [2.45, 2.75) is 13.3 Å². The van der Waals surface area contributed by atoms with Gasteiger partial charge in [0.2, 0.25) is 11.7 Å². The minimum Gasteiger partial charge on any atom is -0.370 e. The van der Waals surface area contributed by atoms with E-state index in [0.29, 0.717) is 11.6 Å². The van der Waals surface area contributed by atoms with Crippen molar-refractivity contribution in [3.8, 4) is 5.69 Å². The Morgan fingerprint density at radius 2 is 1.82 bits per heavy atom. The summed E-state index contributed by atoms with van der Waals surface area (Å²) in [4.78, 5) is 31.7. The van der Waals surface area contributed by atoms with E-state index in [-0.39, 0.29) is 26.9 Å². The van der Waals surface area contributed by atoms with Gasteiger partial charge >= 0.3 is 0 Å². The van der Waals surface area contributed by atoms with Crippen LogP contribution < -0.4 is 15.8 Å². The van der Waals surface area contributed by atoms with E-state index in [9.17, 15) is 9.18 Å². The van der Waals surface area contributed by atoms with Crippen LogP contribution in [0.1, 0.15) is 12.0 Å². The molecule has 9 nitrogen and oxygen atoms in total. The quantitative estimate of drug-likeness (QED) is 0.325. The van der Waals surface area contributed by atoms with Crippen LogP contribution in [-0.2, 0) is 0 Å².